The van der Waals surface area contributed by atoms with Crippen LogP contribution in [0.15, 0.2) is 42.5 Å². The highest BCUT2D eigenvalue weighted by Crippen LogP contribution is 2.28. The van der Waals surface area contributed by atoms with Gasteiger partial charge in [0.15, 0.2) is 0 Å². The van der Waals surface area contributed by atoms with Gasteiger partial charge in [-0.2, -0.15) is 0 Å². The lowest BCUT2D eigenvalue weighted by Gasteiger charge is -2.36. The lowest BCUT2D eigenvalue weighted by atomic mass is 10.1. The minimum absolute atomic E-state index is 0.0127. The molecule has 1 saturated heterocycles. The van der Waals surface area contributed by atoms with Crippen molar-refractivity contribution in [1.82, 2.24) is 4.90 Å². The summed E-state index contributed by atoms with van der Waals surface area (Å²) >= 11 is 0. The maximum absolute atomic E-state index is 12.9. The van der Waals surface area contributed by atoms with E-state index in [0.29, 0.717) is 24.3 Å². The molecule has 0 radical (unpaired) electrons. The molecule has 0 aromatic heterocycles. The number of nitrogens with zero attached hydrogens (tertiary/aromatic N) is 2. The summed E-state index contributed by atoms with van der Waals surface area (Å²) in [6.07, 6.45) is 0. The quantitative estimate of drug-likeness (QED) is 0.903. The monoisotopic (exact) mass is 367 g/mol. The summed E-state index contributed by atoms with van der Waals surface area (Å²) in [5.41, 5.74) is 3.26. The fourth-order valence-electron chi connectivity index (χ4n) is 3.30. The second-order valence-electron chi connectivity index (χ2n) is 6.66. The molecule has 1 fully saturated rings. The number of methoxy groups -OCH3 is 1. The zero-order chi connectivity index (χ0) is 19.4. The first kappa shape index (κ1) is 18.8. The highest BCUT2D eigenvalue weighted by molar-refractivity contribution is 5.97. The second-order valence-corrected chi connectivity index (χ2v) is 6.66. The predicted octanol–water partition coefficient (Wildman–Crippen LogP) is 2.92. The Morgan fingerprint density at radius 3 is 2.41 bits per heavy atom. The molecule has 0 spiro atoms. The fourth-order valence-corrected chi connectivity index (χ4v) is 3.30. The SMILES string of the molecule is COc1ccccc1N1CCN(C(=O)c2ccc(C)c(NC(C)=O)c2)CC1. The first-order valence-electron chi connectivity index (χ1n) is 9.05. The van der Waals surface area contributed by atoms with Gasteiger partial charge >= 0.3 is 0 Å². The summed E-state index contributed by atoms with van der Waals surface area (Å²) in [5, 5.41) is 2.78. The van der Waals surface area contributed by atoms with Gasteiger partial charge in [-0.05, 0) is 36.8 Å². The molecule has 0 unspecified atom stereocenters. The minimum atomic E-state index is -0.145. The van der Waals surface area contributed by atoms with Crippen LogP contribution in [0, 0.1) is 6.92 Å². The number of nitrogens with one attached hydrogen (secondary N) is 1. The molecular weight excluding hydrogens is 342 g/mol. The van der Waals surface area contributed by atoms with Gasteiger partial charge in [0.1, 0.15) is 5.75 Å². The number of para-hydroxylation sites is 2. The third-order valence-electron chi connectivity index (χ3n) is 4.79. The molecule has 1 aliphatic rings. The highest BCUT2D eigenvalue weighted by atomic mass is 16.5. The van der Waals surface area contributed by atoms with Crippen LogP contribution in [0.25, 0.3) is 0 Å². The first-order valence-corrected chi connectivity index (χ1v) is 9.05. The largest absolute Gasteiger partial charge is 0.495 e. The van der Waals surface area contributed by atoms with Crippen molar-refractivity contribution in [2.24, 2.45) is 0 Å². The van der Waals surface area contributed by atoms with E-state index in [1.807, 2.05) is 48.2 Å². The summed E-state index contributed by atoms with van der Waals surface area (Å²) < 4.78 is 5.44. The Labute approximate surface area is 159 Å². The molecule has 1 aliphatic heterocycles. The number of piperazine rings is 1. The van der Waals surface area contributed by atoms with Crippen LogP contribution in [-0.4, -0.2) is 50.0 Å². The standard InChI is InChI=1S/C21H25N3O3/c1-15-8-9-17(14-18(15)22-16(2)25)21(26)24-12-10-23(11-13-24)19-6-4-5-7-20(19)27-3/h4-9,14H,10-13H2,1-3H3,(H,22,25). The Morgan fingerprint density at radius 1 is 1.04 bits per heavy atom. The third-order valence-corrected chi connectivity index (χ3v) is 4.79. The number of carbonyl (C=O) groups is 2. The molecule has 1 heterocycles. The summed E-state index contributed by atoms with van der Waals surface area (Å²) in [6.45, 7) is 6.14. The zero-order valence-corrected chi connectivity index (χ0v) is 16.0. The smallest absolute Gasteiger partial charge is 0.254 e. The van der Waals surface area contributed by atoms with Crippen LogP contribution in [0.4, 0.5) is 11.4 Å². The van der Waals surface area contributed by atoms with Gasteiger partial charge in [-0.3, -0.25) is 9.59 Å². The second kappa shape index (κ2) is 8.12. The van der Waals surface area contributed by atoms with E-state index in [4.69, 9.17) is 4.74 Å². The van der Waals surface area contributed by atoms with Crippen molar-refractivity contribution in [3.05, 3.63) is 53.6 Å². The molecule has 2 aromatic rings. The van der Waals surface area contributed by atoms with Crippen molar-refractivity contribution in [3.8, 4) is 5.75 Å². The number of hydrogen-bond acceptors (Lipinski definition) is 4. The average molecular weight is 367 g/mol. The van der Waals surface area contributed by atoms with E-state index in [0.717, 1.165) is 30.1 Å². The number of anilines is 2. The Bertz CT molecular complexity index is 842. The van der Waals surface area contributed by atoms with Crippen molar-refractivity contribution in [2.75, 3.05) is 43.5 Å². The van der Waals surface area contributed by atoms with E-state index in [2.05, 4.69) is 10.2 Å². The number of carbonyl (C=O) groups excluding carboxylic acids is 2. The molecule has 27 heavy (non-hydrogen) atoms. The van der Waals surface area contributed by atoms with Crippen LogP contribution < -0.4 is 15.0 Å². The maximum Gasteiger partial charge on any atom is 0.254 e. The van der Waals surface area contributed by atoms with Crippen LogP contribution in [0.1, 0.15) is 22.8 Å². The van der Waals surface area contributed by atoms with Crippen molar-refractivity contribution >= 4 is 23.2 Å². The first-order chi connectivity index (χ1) is 13.0. The van der Waals surface area contributed by atoms with Crippen molar-refractivity contribution < 1.29 is 14.3 Å². The number of ether oxygens (including phenoxy) is 1. The average Bonchev–Trinajstić information content (AvgIpc) is 2.69. The van der Waals surface area contributed by atoms with Crippen LogP contribution >= 0.6 is 0 Å². The molecule has 2 amide bonds. The van der Waals surface area contributed by atoms with Crippen molar-refractivity contribution in [3.63, 3.8) is 0 Å². The number of aryl methyl sites for hydroxylation is 1. The summed E-state index contributed by atoms with van der Waals surface area (Å²) in [7, 11) is 1.67. The van der Waals surface area contributed by atoms with Gasteiger partial charge < -0.3 is 19.9 Å². The van der Waals surface area contributed by atoms with E-state index in [1.165, 1.54) is 6.92 Å². The normalized spacial score (nSPS) is 14.0. The number of benzene rings is 2. The Kier molecular flexibility index (Phi) is 5.64. The Balaban J connectivity index is 1.69. The molecule has 1 N–H and O–H groups in total. The number of rotatable bonds is 4. The lowest BCUT2D eigenvalue weighted by Crippen LogP contribution is -2.48. The molecular formula is C21H25N3O3. The molecule has 0 aliphatic carbocycles. The predicted molar refractivity (Wildman–Crippen MR) is 107 cm³/mol. The minimum Gasteiger partial charge on any atom is -0.495 e. The van der Waals surface area contributed by atoms with Crippen molar-refractivity contribution in [2.45, 2.75) is 13.8 Å². The Hall–Kier alpha value is -3.02. The molecule has 6 heteroatoms. The van der Waals surface area contributed by atoms with E-state index < -0.39 is 0 Å². The Morgan fingerprint density at radius 2 is 1.74 bits per heavy atom. The van der Waals surface area contributed by atoms with E-state index >= 15 is 0 Å². The molecule has 2 aromatic carbocycles. The summed E-state index contributed by atoms with van der Waals surface area (Å²) in [6, 6.07) is 13.4. The van der Waals surface area contributed by atoms with E-state index in [9.17, 15) is 9.59 Å². The van der Waals surface area contributed by atoms with Gasteiger partial charge in [0.25, 0.3) is 5.91 Å². The van der Waals surface area contributed by atoms with Crippen LogP contribution in [-0.2, 0) is 4.79 Å². The summed E-state index contributed by atoms with van der Waals surface area (Å²) in [5.74, 6) is 0.685. The van der Waals surface area contributed by atoms with Crippen LogP contribution in [0.3, 0.4) is 0 Å². The molecule has 0 saturated carbocycles. The van der Waals surface area contributed by atoms with E-state index in [1.54, 1.807) is 13.2 Å². The van der Waals surface area contributed by atoms with Crippen LogP contribution in [0.2, 0.25) is 0 Å². The van der Waals surface area contributed by atoms with Gasteiger partial charge in [0.2, 0.25) is 5.91 Å². The van der Waals surface area contributed by atoms with Gasteiger partial charge in [-0.1, -0.05) is 18.2 Å². The number of amides is 2. The van der Waals surface area contributed by atoms with E-state index in [-0.39, 0.29) is 11.8 Å². The molecule has 3 rings (SSSR count). The molecule has 142 valence electrons. The van der Waals surface area contributed by atoms with Gasteiger partial charge in [-0.15, -0.1) is 0 Å². The fraction of sp³-hybridized carbons (Fsp3) is 0.333. The van der Waals surface area contributed by atoms with Gasteiger partial charge in [0.05, 0.1) is 12.8 Å². The lowest BCUT2D eigenvalue weighted by molar-refractivity contribution is -0.114. The summed E-state index contributed by atoms with van der Waals surface area (Å²) in [4.78, 5) is 28.3. The van der Waals surface area contributed by atoms with Crippen LogP contribution in [0.5, 0.6) is 5.75 Å². The maximum atomic E-state index is 12.9. The molecule has 0 bridgehead atoms. The third kappa shape index (κ3) is 4.22. The zero-order valence-electron chi connectivity index (χ0n) is 16.0. The molecule has 0 atom stereocenters. The highest BCUT2D eigenvalue weighted by Gasteiger charge is 2.24. The molecule has 6 nitrogen and oxygen atoms in total. The van der Waals surface area contributed by atoms with Gasteiger partial charge in [0, 0.05) is 44.4 Å². The van der Waals surface area contributed by atoms with Crippen molar-refractivity contribution in [1.29, 1.82) is 0 Å². The topological polar surface area (TPSA) is 61.9 Å². The van der Waals surface area contributed by atoms with Gasteiger partial charge in [-0.25, -0.2) is 0 Å². The number of hydrogen-bond donors (Lipinski definition) is 1.